The minimum absolute atomic E-state index is 0.0631. The molecule has 1 aromatic carbocycles. The van der Waals surface area contributed by atoms with E-state index in [1.807, 2.05) is 13.8 Å². The zero-order chi connectivity index (χ0) is 19.9. The van der Waals surface area contributed by atoms with Crippen LogP contribution in [0, 0.1) is 0 Å². The third-order valence-electron chi connectivity index (χ3n) is 4.33. The average molecular weight is 400 g/mol. The molecule has 2 rings (SSSR count). The summed E-state index contributed by atoms with van der Waals surface area (Å²) in [6.07, 6.45) is 1.04. The van der Waals surface area contributed by atoms with Crippen LogP contribution in [-0.2, 0) is 14.8 Å². The van der Waals surface area contributed by atoms with E-state index in [0.29, 0.717) is 25.8 Å². The maximum absolute atomic E-state index is 12.5. The van der Waals surface area contributed by atoms with Crippen LogP contribution in [0.15, 0.2) is 35.2 Å². The van der Waals surface area contributed by atoms with Gasteiger partial charge in [-0.15, -0.1) is 0 Å². The van der Waals surface area contributed by atoms with Crippen molar-refractivity contribution in [2.45, 2.75) is 62.3 Å². The molecule has 0 aromatic heterocycles. The van der Waals surface area contributed by atoms with E-state index in [0.717, 1.165) is 0 Å². The SMILES string of the molecule is CC(C)NC(=O)NCC[C@@H]1CC[C@H](NS(=O)(=O)c2ccccc2)[C@@H](CO)O1. The number of aliphatic hydroxyl groups is 1. The van der Waals surface area contributed by atoms with Crippen molar-refractivity contribution in [1.29, 1.82) is 0 Å². The third kappa shape index (κ3) is 6.76. The molecule has 0 bridgehead atoms. The Morgan fingerprint density at radius 1 is 1.26 bits per heavy atom. The maximum Gasteiger partial charge on any atom is 0.314 e. The number of sulfonamides is 1. The number of amides is 2. The molecule has 1 heterocycles. The summed E-state index contributed by atoms with van der Waals surface area (Å²) >= 11 is 0. The molecule has 1 aliphatic rings. The molecule has 8 nitrogen and oxygen atoms in total. The van der Waals surface area contributed by atoms with Crippen LogP contribution in [0.2, 0.25) is 0 Å². The van der Waals surface area contributed by atoms with E-state index in [4.69, 9.17) is 4.74 Å². The second-order valence-electron chi connectivity index (χ2n) is 6.94. The molecule has 2 amide bonds. The lowest BCUT2D eigenvalue weighted by Gasteiger charge is -2.36. The smallest absolute Gasteiger partial charge is 0.314 e. The number of carbonyl (C=O) groups excluding carboxylic acids is 1. The molecular formula is C18H29N3O5S. The van der Waals surface area contributed by atoms with Crippen molar-refractivity contribution < 1.29 is 23.1 Å². The standard InChI is InChI=1S/C18H29N3O5S/c1-13(2)20-18(23)19-11-10-14-8-9-16(17(12-22)26-14)21-27(24,25)15-6-4-3-5-7-15/h3-7,13-14,16-17,21-22H,8-12H2,1-2H3,(H2,19,20,23)/t14-,16-,17+/m0/s1. The molecule has 1 fully saturated rings. The van der Waals surface area contributed by atoms with Crippen molar-refractivity contribution in [2.75, 3.05) is 13.2 Å². The highest BCUT2D eigenvalue weighted by atomic mass is 32.2. The summed E-state index contributed by atoms with van der Waals surface area (Å²) in [4.78, 5) is 11.8. The van der Waals surface area contributed by atoms with Crippen molar-refractivity contribution in [2.24, 2.45) is 0 Å². The molecule has 0 radical (unpaired) electrons. The molecule has 152 valence electrons. The summed E-state index contributed by atoms with van der Waals surface area (Å²) in [7, 11) is -3.67. The molecule has 0 aliphatic carbocycles. The number of hydrogen-bond donors (Lipinski definition) is 4. The molecule has 1 saturated heterocycles. The third-order valence-corrected chi connectivity index (χ3v) is 5.83. The summed E-state index contributed by atoms with van der Waals surface area (Å²) in [6, 6.07) is 7.46. The van der Waals surface area contributed by atoms with Crippen LogP contribution in [0.25, 0.3) is 0 Å². The topological polar surface area (TPSA) is 117 Å². The fourth-order valence-corrected chi connectivity index (χ4v) is 4.33. The molecule has 4 N–H and O–H groups in total. The van der Waals surface area contributed by atoms with Crippen LogP contribution in [0.5, 0.6) is 0 Å². The zero-order valence-electron chi connectivity index (χ0n) is 15.7. The van der Waals surface area contributed by atoms with E-state index in [1.165, 1.54) is 12.1 Å². The number of carbonyl (C=O) groups is 1. The van der Waals surface area contributed by atoms with Crippen molar-refractivity contribution >= 4 is 16.1 Å². The predicted octanol–water partition coefficient (Wildman–Crippen LogP) is 0.971. The highest BCUT2D eigenvalue weighted by molar-refractivity contribution is 7.89. The zero-order valence-corrected chi connectivity index (χ0v) is 16.5. The Hall–Kier alpha value is -1.68. The first-order chi connectivity index (χ1) is 12.8. The Balaban J connectivity index is 1.85. The Morgan fingerprint density at radius 2 is 1.96 bits per heavy atom. The largest absolute Gasteiger partial charge is 0.394 e. The molecule has 1 aromatic rings. The van der Waals surface area contributed by atoms with Gasteiger partial charge in [-0.05, 0) is 45.2 Å². The highest BCUT2D eigenvalue weighted by Gasteiger charge is 2.33. The van der Waals surface area contributed by atoms with E-state index in [-0.39, 0.29) is 29.7 Å². The average Bonchev–Trinajstić information content (AvgIpc) is 2.62. The maximum atomic E-state index is 12.5. The predicted molar refractivity (Wildman–Crippen MR) is 102 cm³/mol. The van der Waals surface area contributed by atoms with Crippen LogP contribution in [0.4, 0.5) is 4.79 Å². The monoisotopic (exact) mass is 399 g/mol. The molecule has 0 saturated carbocycles. The van der Waals surface area contributed by atoms with E-state index in [1.54, 1.807) is 18.2 Å². The minimum atomic E-state index is -3.67. The van der Waals surface area contributed by atoms with Crippen LogP contribution in [0.3, 0.4) is 0 Å². The second kappa shape index (κ2) is 10.0. The Kier molecular flexibility index (Phi) is 8.03. The Labute approximate surface area is 160 Å². The lowest BCUT2D eigenvalue weighted by molar-refractivity contribution is -0.0871. The lowest BCUT2D eigenvalue weighted by atomic mass is 9.98. The van der Waals surface area contributed by atoms with Gasteiger partial charge in [0.2, 0.25) is 10.0 Å². The fourth-order valence-electron chi connectivity index (χ4n) is 3.01. The van der Waals surface area contributed by atoms with Gasteiger partial charge in [-0.1, -0.05) is 18.2 Å². The van der Waals surface area contributed by atoms with Gasteiger partial charge in [0.1, 0.15) is 0 Å². The van der Waals surface area contributed by atoms with Gasteiger partial charge in [-0.2, -0.15) is 0 Å². The summed E-state index contributed by atoms with van der Waals surface area (Å²) in [5, 5.41) is 15.1. The fraction of sp³-hybridized carbons (Fsp3) is 0.611. The Morgan fingerprint density at radius 3 is 2.59 bits per heavy atom. The molecule has 9 heteroatoms. The van der Waals surface area contributed by atoms with Crippen molar-refractivity contribution in [1.82, 2.24) is 15.4 Å². The Bertz CT molecular complexity index is 696. The van der Waals surface area contributed by atoms with Crippen molar-refractivity contribution in [3.63, 3.8) is 0 Å². The van der Waals surface area contributed by atoms with Gasteiger partial charge < -0.3 is 20.5 Å². The van der Waals surface area contributed by atoms with Gasteiger partial charge >= 0.3 is 6.03 Å². The first-order valence-electron chi connectivity index (χ1n) is 9.20. The van der Waals surface area contributed by atoms with Crippen LogP contribution in [-0.4, -0.2) is 57.0 Å². The molecule has 27 heavy (non-hydrogen) atoms. The summed E-state index contributed by atoms with van der Waals surface area (Å²) in [5.41, 5.74) is 0. The second-order valence-corrected chi connectivity index (χ2v) is 8.65. The lowest BCUT2D eigenvalue weighted by Crippen LogP contribution is -2.51. The van der Waals surface area contributed by atoms with E-state index >= 15 is 0 Å². The van der Waals surface area contributed by atoms with E-state index in [9.17, 15) is 18.3 Å². The number of nitrogens with one attached hydrogen (secondary N) is 3. The number of urea groups is 1. The number of rotatable bonds is 8. The number of benzene rings is 1. The van der Waals surface area contributed by atoms with Gasteiger partial charge in [0.25, 0.3) is 0 Å². The molecule has 1 aliphatic heterocycles. The van der Waals surface area contributed by atoms with Gasteiger partial charge in [0, 0.05) is 12.6 Å². The van der Waals surface area contributed by atoms with Gasteiger partial charge in [0.05, 0.1) is 29.8 Å². The summed E-state index contributed by atoms with van der Waals surface area (Å²) < 4.78 is 33.4. The van der Waals surface area contributed by atoms with Gasteiger partial charge in [0.15, 0.2) is 0 Å². The molecule has 0 spiro atoms. The normalized spacial score (nSPS) is 23.2. The van der Waals surface area contributed by atoms with Crippen LogP contribution < -0.4 is 15.4 Å². The molecule has 3 atom stereocenters. The van der Waals surface area contributed by atoms with E-state index < -0.39 is 22.2 Å². The first kappa shape index (κ1) is 21.6. The minimum Gasteiger partial charge on any atom is -0.394 e. The number of ether oxygens (including phenoxy) is 1. The molecule has 0 unspecified atom stereocenters. The number of hydrogen-bond acceptors (Lipinski definition) is 5. The van der Waals surface area contributed by atoms with Crippen LogP contribution >= 0.6 is 0 Å². The van der Waals surface area contributed by atoms with Crippen molar-refractivity contribution in [3.05, 3.63) is 30.3 Å². The van der Waals surface area contributed by atoms with Gasteiger partial charge in [-0.3, -0.25) is 0 Å². The number of aliphatic hydroxyl groups excluding tert-OH is 1. The quantitative estimate of drug-likeness (QED) is 0.520. The van der Waals surface area contributed by atoms with Gasteiger partial charge in [-0.25, -0.2) is 17.9 Å². The van der Waals surface area contributed by atoms with E-state index in [2.05, 4.69) is 15.4 Å². The summed E-state index contributed by atoms with van der Waals surface area (Å²) in [5.74, 6) is 0. The highest BCUT2D eigenvalue weighted by Crippen LogP contribution is 2.23. The summed E-state index contributed by atoms with van der Waals surface area (Å²) in [6.45, 7) is 3.93. The van der Waals surface area contributed by atoms with Crippen LogP contribution in [0.1, 0.15) is 33.1 Å². The first-order valence-corrected chi connectivity index (χ1v) is 10.7. The molecular weight excluding hydrogens is 370 g/mol. The van der Waals surface area contributed by atoms with Crippen molar-refractivity contribution in [3.8, 4) is 0 Å².